The van der Waals surface area contributed by atoms with E-state index >= 15 is 0 Å². The number of aliphatic hydroxyl groups excluding tert-OH is 1. The first kappa shape index (κ1) is 20.7. The van der Waals surface area contributed by atoms with E-state index in [0.29, 0.717) is 26.2 Å². The van der Waals surface area contributed by atoms with Crippen LogP contribution in [0.25, 0.3) is 0 Å². The van der Waals surface area contributed by atoms with E-state index in [9.17, 15) is 13.9 Å². The average Bonchev–Trinajstić information content (AvgIpc) is 2.57. The normalized spacial score (nSPS) is 17.0. The summed E-state index contributed by atoms with van der Waals surface area (Å²) in [7, 11) is 2.67. The van der Waals surface area contributed by atoms with Gasteiger partial charge in [-0.15, -0.1) is 12.4 Å². The number of hydrogen-bond donors (Lipinski definition) is 3. The molecule has 1 atom stereocenters. The molecule has 0 unspecified atom stereocenters. The second kappa shape index (κ2) is 8.66. The summed E-state index contributed by atoms with van der Waals surface area (Å²) in [6, 6.07) is 1.38. The van der Waals surface area contributed by atoms with E-state index in [1.54, 1.807) is 4.90 Å². The van der Waals surface area contributed by atoms with Crippen LogP contribution < -0.4 is 14.8 Å². The van der Waals surface area contributed by atoms with E-state index in [4.69, 9.17) is 14.6 Å². The zero-order chi connectivity index (χ0) is 17.0. The Hall–Kier alpha value is -1.35. The Labute approximate surface area is 145 Å². The Morgan fingerprint density at radius 3 is 2.12 bits per heavy atom. The van der Waals surface area contributed by atoms with Crippen molar-refractivity contribution in [3.63, 3.8) is 0 Å². The highest BCUT2D eigenvalue weighted by molar-refractivity contribution is 5.85. The third kappa shape index (κ3) is 4.18. The van der Waals surface area contributed by atoms with Gasteiger partial charge in [-0.2, -0.15) is 0 Å². The van der Waals surface area contributed by atoms with Gasteiger partial charge in [0, 0.05) is 26.2 Å². The maximum absolute atomic E-state index is 14.4. The van der Waals surface area contributed by atoms with Gasteiger partial charge in [-0.3, -0.25) is 4.90 Å². The molecular weight excluding hydrogens is 346 g/mol. The van der Waals surface area contributed by atoms with Crippen molar-refractivity contribution in [2.45, 2.75) is 12.0 Å². The van der Waals surface area contributed by atoms with Gasteiger partial charge in [0.1, 0.15) is 12.6 Å². The molecule has 0 aromatic heterocycles. The number of nitrogens with one attached hydrogen (secondary N) is 1. The van der Waals surface area contributed by atoms with Crippen LogP contribution in [0.4, 0.5) is 8.78 Å². The van der Waals surface area contributed by atoms with Crippen molar-refractivity contribution < 1.29 is 28.5 Å². The van der Waals surface area contributed by atoms with E-state index in [1.807, 2.05) is 0 Å². The second-order valence-corrected chi connectivity index (χ2v) is 5.38. The van der Waals surface area contributed by atoms with Crippen molar-refractivity contribution in [2.75, 3.05) is 47.0 Å². The molecule has 3 N–H and O–H groups in total. The number of alkyl halides is 2. The number of hydrogen-bond acceptors (Lipinski definition) is 6. The molecule has 0 spiro atoms. The van der Waals surface area contributed by atoms with E-state index in [-0.39, 0.29) is 35.2 Å². The minimum atomic E-state index is -3.34. The molecule has 1 aromatic rings. The number of phenolic OH excluding ortho intramolecular Hbond substituents is 1. The minimum absolute atomic E-state index is 0. The van der Waals surface area contributed by atoms with E-state index < -0.39 is 18.6 Å². The summed E-state index contributed by atoms with van der Waals surface area (Å²) in [5.41, 5.74) is 0.220. The number of methoxy groups -OCH3 is 2. The highest BCUT2D eigenvalue weighted by atomic mass is 35.5. The molecule has 9 heteroatoms. The molecule has 1 aromatic carbocycles. The van der Waals surface area contributed by atoms with Crippen molar-refractivity contribution in [3.05, 3.63) is 17.7 Å². The van der Waals surface area contributed by atoms with Gasteiger partial charge in [0.2, 0.25) is 5.75 Å². The van der Waals surface area contributed by atoms with Gasteiger partial charge >= 0.3 is 0 Å². The summed E-state index contributed by atoms with van der Waals surface area (Å²) in [4.78, 5) is 1.61. The Balaban J connectivity index is 0.00000288. The molecular formula is C15H23ClF2N2O4. The molecule has 1 saturated heterocycles. The lowest BCUT2D eigenvalue weighted by atomic mass is 9.97. The fraction of sp³-hybridized carbons (Fsp3) is 0.600. The Morgan fingerprint density at radius 2 is 1.71 bits per heavy atom. The van der Waals surface area contributed by atoms with Crippen molar-refractivity contribution in [1.29, 1.82) is 0 Å². The summed E-state index contributed by atoms with van der Waals surface area (Å²) >= 11 is 0. The first-order chi connectivity index (χ1) is 10.9. The number of rotatable bonds is 6. The number of aromatic hydroxyl groups is 1. The van der Waals surface area contributed by atoms with Crippen LogP contribution in [0.15, 0.2) is 12.1 Å². The Kier molecular flexibility index (Phi) is 7.47. The van der Waals surface area contributed by atoms with E-state index in [2.05, 4.69) is 5.32 Å². The molecule has 1 heterocycles. The largest absolute Gasteiger partial charge is 0.502 e. The number of benzene rings is 1. The third-order valence-electron chi connectivity index (χ3n) is 3.95. The average molecular weight is 369 g/mol. The van der Waals surface area contributed by atoms with Gasteiger partial charge in [-0.05, 0) is 17.7 Å². The van der Waals surface area contributed by atoms with Gasteiger partial charge in [0.25, 0.3) is 5.92 Å². The topological polar surface area (TPSA) is 74.2 Å². The SMILES string of the molecule is COc1cc([C@@H](N2CCNCC2)C(F)(F)CO)cc(OC)c1O.Cl. The molecule has 0 saturated carbocycles. The fourth-order valence-electron chi connectivity index (χ4n) is 2.82. The van der Waals surface area contributed by atoms with Crippen LogP contribution in [0.5, 0.6) is 17.2 Å². The monoisotopic (exact) mass is 368 g/mol. The highest BCUT2D eigenvalue weighted by Gasteiger charge is 2.44. The van der Waals surface area contributed by atoms with Gasteiger partial charge in [-0.1, -0.05) is 0 Å². The van der Waals surface area contributed by atoms with Gasteiger partial charge in [-0.25, -0.2) is 8.78 Å². The molecule has 1 aliphatic rings. The highest BCUT2D eigenvalue weighted by Crippen LogP contribution is 2.44. The predicted molar refractivity (Wildman–Crippen MR) is 87.7 cm³/mol. The van der Waals surface area contributed by atoms with E-state index in [1.165, 1.54) is 26.4 Å². The fourth-order valence-corrected chi connectivity index (χ4v) is 2.82. The molecule has 1 aliphatic heterocycles. The van der Waals surface area contributed by atoms with Crippen molar-refractivity contribution in [1.82, 2.24) is 10.2 Å². The first-order valence-corrected chi connectivity index (χ1v) is 7.33. The van der Waals surface area contributed by atoms with Crippen LogP contribution in [0.1, 0.15) is 11.6 Å². The van der Waals surface area contributed by atoms with Crippen LogP contribution in [-0.2, 0) is 0 Å². The van der Waals surface area contributed by atoms with Crippen molar-refractivity contribution in [3.8, 4) is 17.2 Å². The van der Waals surface area contributed by atoms with E-state index in [0.717, 1.165) is 0 Å². The predicted octanol–water partition coefficient (Wildman–Crippen LogP) is 1.41. The number of phenols is 1. The quantitative estimate of drug-likeness (QED) is 0.705. The summed E-state index contributed by atoms with van der Waals surface area (Å²) in [6.45, 7) is 0.749. The number of ether oxygens (including phenoxy) is 2. The van der Waals surface area contributed by atoms with Gasteiger partial charge in [0.05, 0.1) is 14.2 Å². The second-order valence-electron chi connectivity index (χ2n) is 5.38. The lowest BCUT2D eigenvalue weighted by Gasteiger charge is -2.39. The maximum atomic E-state index is 14.4. The molecule has 2 rings (SSSR count). The lowest BCUT2D eigenvalue weighted by molar-refractivity contribution is -0.118. The van der Waals surface area contributed by atoms with Crippen molar-refractivity contribution >= 4 is 12.4 Å². The molecule has 24 heavy (non-hydrogen) atoms. The van der Waals surface area contributed by atoms with Crippen LogP contribution in [0.2, 0.25) is 0 Å². The standard InChI is InChI=1S/C15H22F2N2O4.ClH/c1-22-11-7-10(8-12(23-2)13(11)21)14(15(16,17)9-20)19-5-3-18-4-6-19;/h7-8,14,18,20-21H,3-6,9H2,1-2H3;1H/t14-;/m1./s1. The number of piperazine rings is 1. The first-order valence-electron chi connectivity index (χ1n) is 7.33. The smallest absolute Gasteiger partial charge is 0.289 e. The summed E-state index contributed by atoms with van der Waals surface area (Å²) in [5, 5.41) is 22.2. The molecule has 0 amide bonds. The molecule has 0 bridgehead atoms. The van der Waals surface area contributed by atoms with Gasteiger partial charge < -0.3 is 25.0 Å². The number of aliphatic hydroxyl groups is 1. The van der Waals surface area contributed by atoms with Gasteiger partial charge in [0.15, 0.2) is 11.5 Å². The zero-order valence-electron chi connectivity index (χ0n) is 13.6. The molecule has 0 aliphatic carbocycles. The number of halogens is 3. The minimum Gasteiger partial charge on any atom is -0.502 e. The Morgan fingerprint density at radius 1 is 1.21 bits per heavy atom. The maximum Gasteiger partial charge on any atom is 0.289 e. The van der Waals surface area contributed by atoms with Crippen LogP contribution in [-0.4, -0.2) is 68.0 Å². The molecule has 0 radical (unpaired) electrons. The summed E-state index contributed by atoms with van der Waals surface area (Å²) < 4.78 is 38.9. The molecule has 1 fully saturated rings. The lowest BCUT2D eigenvalue weighted by Crippen LogP contribution is -2.51. The van der Waals surface area contributed by atoms with Crippen LogP contribution in [0.3, 0.4) is 0 Å². The Bertz CT molecular complexity index is 517. The molecule has 138 valence electrons. The summed E-state index contributed by atoms with van der Waals surface area (Å²) in [5.74, 6) is -3.49. The third-order valence-corrected chi connectivity index (χ3v) is 3.95. The molecule has 6 nitrogen and oxygen atoms in total. The number of nitrogens with zero attached hydrogens (tertiary/aromatic N) is 1. The zero-order valence-corrected chi connectivity index (χ0v) is 14.4. The van der Waals surface area contributed by atoms with Crippen LogP contribution in [0, 0.1) is 0 Å². The van der Waals surface area contributed by atoms with Crippen molar-refractivity contribution in [2.24, 2.45) is 0 Å². The summed E-state index contributed by atoms with van der Waals surface area (Å²) in [6.07, 6.45) is 0. The van der Waals surface area contributed by atoms with Crippen LogP contribution >= 0.6 is 12.4 Å².